The smallest absolute Gasteiger partial charge is 0.230 e. The van der Waals surface area contributed by atoms with Gasteiger partial charge in [0.25, 0.3) is 0 Å². The Labute approximate surface area is 175 Å². The lowest BCUT2D eigenvalue weighted by molar-refractivity contribution is -0.118. The van der Waals surface area contributed by atoms with E-state index in [-0.39, 0.29) is 27.6 Å². The number of allylic oxidation sites excluding steroid dienone is 1. The zero-order chi connectivity index (χ0) is 18.9. The summed E-state index contributed by atoms with van der Waals surface area (Å²) in [7, 11) is 0. The molecular weight excluding hydrogens is 433 g/mol. The van der Waals surface area contributed by atoms with Crippen molar-refractivity contribution in [1.29, 1.82) is 0 Å². The number of amides is 1. The molecule has 0 aliphatic heterocycles. The first-order valence-corrected chi connectivity index (χ1v) is 10.8. The molecule has 2 aromatic rings. The lowest BCUT2D eigenvalue weighted by atomic mass is 10.1. The van der Waals surface area contributed by atoms with Gasteiger partial charge in [0, 0.05) is 10.8 Å². The van der Waals surface area contributed by atoms with Gasteiger partial charge >= 0.3 is 0 Å². The van der Waals surface area contributed by atoms with Crippen LogP contribution in [0.15, 0.2) is 39.2 Å². The molecule has 1 heterocycles. The summed E-state index contributed by atoms with van der Waals surface area (Å²) in [5, 5.41) is 12.2. The highest BCUT2D eigenvalue weighted by atomic mass is 35.5. The van der Waals surface area contributed by atoms with Crippen LogP contribution in [0.1, 0.15) is 19.4 Å². The summed E-state index contributed by atoms with van der Waals surface area (Å²) in [5.41, 5.74) is 0.859. The summed E-state index contributed by atoms with van der Waals surface area (Å²) in [4.78, 5) is 12.5. The molecule has 1 fully saturated rings. The second-order valence-corrected chi connectivity index (χ2v) is 10.1. The number of carbonyl (C=O) groups is 1. The maximum Gasteiger partial charge on any atom is 0.230 e. The zero-order valence-corrected chi connectivity index (χ0v) is 17.9. The van der Waals surface area contributed by atoms with E-state index in [0.29, 0.717) is 10.9 Å². The number of hydrogen-bond donors (Lipinski definition) is 1. The van der Waals surface area contributed by atoms with Crippen molar-refractivity contribution in [3.8, 4) is 0 Å². The minimum Gasteiger partial charge on any atom is -0.300 e. The molecule has 2 atom stereocenters. The van der Waals surface area contributed by atoms with Crippen LogP contribution in [0.4, 0.5) is 5.13 Å². The standard InChI is InChI=1S/C17H16Cl3N3OS2/c1-17(2)10(7-12(19)20)13(17)14(24)21-15-22-23-16(26-15)25-8-9-5-3-4-6-11(9)18/h3-7,10,13H,8H2,1-2H3,(H,21,22,24)/t10-,13+/m0/s1. The molecule has 1 aliphatic rings. The summed E-state index contributed by atoms with van der Waals surface area (Å²) >= 11 is 20.5. The predicted octanol–water partition coefficient (Wildman–Crippen LogP) is 6.01. The third kappa shape index (κ3) is 4.54. The summed E-state index contributed by atoms with van der Waals surface area (Å²) < 4.78 is 0.961. The van der Waals surface area contributed by atoms with Crippen molar-refractivity contribution < 1.29 is 4.79 Å². The van der Waals surface area contributed by atoms with Crippen molar-refractivity contribution in [2.45, 2.75) is 23.9 Å². The number of benzene rings is 1. The highest BCUT2D eigenvalue weighted by Crippen LogP contribution is 2.60. The van der Waals surface area contributed by atoms with Crippen LogP contribution in [0.2, 0.25) is 5.02 Å². The Hall–Kier alpha value is -0.790. The minimum absolute atomic E-state index is 0.0227. The fourth-order valence-electron chi connectivity index (χ4n) is 2.88. The predicted molar refractivity (Wildman–Crippen MR) is 110 cm³/mol. The molecule has 26 heavy (non-hydrogen) atoms. The number of rotatable bonds is 6. The van der Waals surface area contributed by atoms with Gasteiger partial charge < -0.3 is 5.32 Å². The number of nitrogens with zero attached hydrogens (tertiary/aromatic N) is 2. The monoisotopic (exact) mass is 447 g/mol. The van der Waals surface area contributed by atoms with Gasteiger partial charge in [-0.1, -0.05) is 89.9 Å². The van der Waals surface area contributed by atoms with Gasteiger partial charge in [-0.05, 0) is 29.0 Å². The topological polar surface area (TPSA) is 54.9 Å². The fourth-order valence-corrected chi connectivity index (χ4v) is 5.19. The molecule has 3 rings (SSSR count). The van der Waals surface area contributed by atoms with Crippen LogP contribution in [-0.2, 0) is 10.5 Å². The van der Waals surface area contributed by atoms with Crippen molar-refractivity contribution >= 4 is 68.9 Å². The van der Waals surface area contributed by atoms with Gasteiger partial charge in [0.2, 0.25) is 11.0 Å². The summed E-state index contributed by atoms with van der Waals surface area (Å²) in [6.45, 7) is 4.03. The Balaban J connectivity index is 1.58. The zero-order valence-electron chi connectivity index (χ0n) is 14.0. The van der Waals surface area contributed by atoms with E-state index in [1.54, 1.807) is 6.08 Å². The molecule has 1 N–H and O–H groups in total. The molecule has 0 radical (unpaired) electrons. The third-order valence-electron chi connectivity index (χ3n) is 4.44. The van der Waals surface area contributed by atoms with Gasteiger partial charge in [0.15, 0.2) is 4.34 Å². The fraction of sp³-hybridized carbons (Fsp3) is 0.353. The first-order chi connectivity index (χ1) is 12.3. The van der Waals surface area contributed by atoms with Gasteiger partial charge in [-0.3, -0.25) is 4.79 Å². The van der Waals surface area contributed by atoms with Gasteiger partial charge in [-0.25, -0.2) is 0 Å². The maximum atomic E-state index is 12.5. The number of carbonyl (C=O) groups excluding carboxylic acids is 1. The molecule has 0 spiro atoms. The largest absolute Gasteiger partial charge is 0.300 e. The highest BCUT2D eigenvalue weighted by molar-refractivity contribution is 8.00. The summed E-state index contributed by atoms with van der Waals surface area (Å²) in [6.07, 6.45) is 1.72. The van der Waals surface area contributed by atoms with Crippen LogP contribution >= 0.6 is 57.9 Å². The normalized spacial score (nSPS) is 20.5. The van der Waals surface area contributed by atoms with Crippen LogP contribution in [0.25, 0.3) is 0 Å². The summed E-state index contributed by atoms with van der Waals surface area (Å²) in [5.74, 6) is 0.441. The van der Waals surface area contributed by atoms with Crippen LogP contribution < -0.4 is 5.32 Å². The lowest BCUT2D eigenvalue weighted by Crippen LogP contribution is -2.16. The first-order valence-electron chi connectivity index (χ1n) is 7.82. The van der Waals surface area contributed by atoms with E-state index in [9.17, 15) is 4.79 Å². The molecule has 1 amide bonds. The SMILES string of the molecule is CC1(C)[C@@H](C=C(Cl)Cl)[C@@H]1C(=O)Nc1nnc(SCc2ccccc2Cl)s1. The second kappa shape index (κ2) is 8.07. The molecule has 9 heteroatoms. The van der Waals surface area contributed by atoms with Crippen molar-refractivity contribution in [3.05, 3.63) is 45.4 Å². The van der Waals surface area contributed by atoms with E-state index in [0.717, 1.165) is 14.9 Å². The van der Waals surface area contributed by atoms with Crippen LogP contribution in [0.5, 0.6) is 0 Å². The van der Waals surface area contributed by atoms with Crippen molar-refractivity contribution in [3.63, 3.8) is 0 Å². The maximum absolute atomic E-state index is 12.5. The summed E-state index contributed by atoms with van der Waals surface area (Å²) in [6, 6.07) is 7.68. The van der Waals surface area contributed by atoms with E-state index in [1.807, 2.05) is 38.1 Å². The molecule has 138 valence electrons. The number of aromatic nitrogens is 2. The lowest BCUT2D eigenvalue weighted by Gasteiger charge is -2.02. The number of anilines is 1. The second-order valence-electron chi connectivity index (χ2n) is 6.52. The van der Waals surface area contributed by atoms with Crippen molar-refractivity contribution in [1.82, 2.24) is 10.2 Å². The molecule has 0 saturated heterocycles. The number of nitrogens with one attached hydrogen (secondary N) is 1. The van der Waals surface area contributed by atoms with E-state index in [4.69, 9.17) is 34.8 Å². The molecule has 0 bridgehead atoms. The molecule has 1 saturated carbocycles. The quantitative estimate of drug-likeness (QED) is 0.434. The molecule has 1 aromatic heterocycles. The molecular formula is C17H16Cl3N3OS2. The van der Waals surface area contributed by atoms with Gasteiger partial charge in [-0.2, -0.15) is 0 Å². The Morgan fingerprint density at radius 2 is 2.08 bits per heavy atom. The van der Waals surface area contributed by atoms with E-state index < -0.39 is 0 Å². The first kappa shape index (κ1) is 20.0. The average molecular weight is 449 g/mol. The van der Waals surface area contributed by atoms with E-state index in [1.165, 1.54) is 23.1 Å². The molecule has 4 nitrogen and oxygen atoms in total. The Morgan fingerprint density at radius 3 is 2.77 bits per heavy atom. The third-order valence-corrected chi connectivity index (χ3v) is 7.09. The molecule has 1 aromatic carbocycles. The number of thioether (sulfide) groups is 1. The number of halogens is 3. The van der Waals surface area contributed by atoms with Crippen LogP contribution in [0.3, 0.4) is 0 Å². The highest BCUT2D eigenvalue weighted by Gasteiger charge is 2.60. The van der Waals surface area contributed by atoms with E-state index >= 15 is 0 Å². The van der Waals surface area contributed by atoms with Crippen LogP contribution in [-0.4, -0.2) is 16.1 Å². The Morgan fingerprint density at radius 1 is 1.35 bits per heavy atom. The molecule has 0 unspecified atom stereocenters. The van der Waals surface area contributed by atoms with Gasteiger partial charge in [-0.15, -0.1) is 10.2 Å². The average Bonchev–Trinajstić information content (AvgIpc) is 2.90. The van der Waals surface area contributed by atoms with Crippen molar-refractivity contribution in [2.75, 3.05) is 5.32 Å². The number of hydrogen-bond acceptors (Lipinski definition) is 5. The Kier molecular flexibility index (Phi) is 6.19. The van der Waals surface area contributed by atoms with Gasteiger partial charge in [0.1, 0.15) is 4.49 Å². The Bertz CT molecular complexity index is 849. The van der Waals surface area contributed by atoms with Crippen molar-refractivity contribution in [2.24, 2.45) is 17.3 Å². The minimum atomic E-state index is -0.182. The van der Waals surface area contributed by atoms with Gasteiger partial charge in [0.05, 0.1) is 5.92 Å². The van der Waals surface area contributed by atoms with E-state index in [2.05, 4.69) is 15.5 Å². The molecule has 1 aliphatic carbocycles. The van der Waals surface area contributed by atoms with Crippen LogP contribution in [0, 0.1) is 17.3 Å².